The number of ketones is 3. The average molecular weight is 1600 g/mol. The smallest absolute Gasteiger partial charge is 0.264 e. The van der Waals surface area contributed by atoms with E-state index in [1.165, 1.54) is 82.1 Å². The monoisotopic (exact) mass is 1600 g/mol. The SMILES string of the molecule is CCn1cc(S(=O)(=O)N2CCC3=Cc4c(cnn4-c4ccc(F)cc4)C[C@]3(C(=O)c3ccccn3)C2)nn1.CCn1ncc(S(=O)(=O)N2CCC3=Cc4c(cnn4-c4ccc(F)cc4)C[C@]3(C(=O)c3ccccn3)C2)n1.CCn1nncc1S(=O)(=O)N1CCC2=Cc3c(cnn3-c3ccc(F)cc3)C[C@]2(C(=O)c2ccccn2)C1. The van der Waals surface area contributed by atoms with Crippen LogP contribution >= 0.6 is 0 Å². The maximum atomic E-state index is 14.1. The van der Waals surface area contributed by atoms with Gasteiger partial charge in [-0.2, -0.15) is 38.1 Å². The number of fused-ring (bicyclic) bond motifs is 6. The first-order valence-electron chi connectivity index (χ1n) is 36.7. The zero-order valence-corrected chi connectivity index (χ0v) is 64.0. The van der Waals surface area contributed by atoms with Crippen molar-refractivity contribution in [2.24, 2.45) is 16.2 Å². The van der Waals surface area contributed by atoms with Crippen molar-refractivity contribution in [3.63, 3.8) is 0 Å². The summed E-state index contributed by atoms with van der Waals surface area (Å²) in [5, 5.41) is 36.8. The first-order chi connectivity index (χ1) is 55.0. The lowest BCUT2D eigenvalue weighted by Crippen LogP contribution is -2.53. The third-order valence-electron chi connectivity index (χ3n) is 21.7. The highest BCUT2D eigenvalue weighted by Crippen LogP contribution is 2.51. The zero-order valence-electron chi connectivity index (χ0n) is 61.6. The summed E-state index contributed by atoms with van der Waals surface area (Å²) < 4.78 is 134. The van der Waals surface area contributed by atoms with Gasteiger partial charge < -0.3 is 0 Å². The number of rotatable bonds is 18. The number of benzene rings is 3. The summed E-state index contributed by atoms with van der Waals surface area (Å²) in [4.78, 5) is 56.6. The van der Waals surface area contributed by atoms with Crippen LogP contribution in [0.4, 0.5) is 13.2 Å². The topological polar surface area (TPSA) is 348 Å². The van der Waals surface area contributed by atoms with E-state index in [-0.39, 0.29) is 125 Å². The molecule has 6 aliphatic rings. The maximum Gasteiger partial charge on any atom is 0.264 e. The highest BCUT2D eigenvalue weighted by atomic mass is 32.2. The second-order valence-electron chi connectivity index (χ2n) is 28.2. The Balaban J connectivity index is 0.000000129. The summed E-state index contributed by atoms with van der Waals surface area (Å²) in [5.74, 6) is -1.78. The minimum absolute atomic E-state index is 0.00603. The summed E-state index contributed by atoms with van der Waals surface area (Å²) in [5.41, 5.74) is 6.57. The van der Waals surface area contributed by atoms with E-state index in [0.29, 0.717) is 56.0 Å². The van der Waals surface area contributed by atoms with Crippen molar-refractivity contribution in [3.05, 3.63) is 268 Å². The molecule has 3 atom stereocenters. The molecular formula is C78H72F3N21O9S3. The standard InChI is InChI=1S/3C26H24FN7O3S/c1-2-33-24(16-29-31-33)38(36,37)32-12-10-19-13-23-18(15-30-34(23)21-8-6-20(27)7-9-21)14-26(19,17-32)25(35)22-5-3-4-11-28-22;1-2-33-29-16-24(31-33)38(36,37)32-12-10-19-13-23-18(15-30-34(23)21-8-6-20(27)7-9-21)14-26(19,17-32)25(35)22-5-3-4-11-28-22;1-2-32-16-24(30-31-32)38(36,37)33-12-10-19-13-23-18(15-29-34(23)21-8-6-20(27)7-9-21)14-26(19,17-33)25(35)22-5-3-4-11-28-22/h3*3-9,11,13,15-16H,2,10,12,14,17H2,1H3/t3*26-/m000/s1. The highest BCUT2D eigenvalue weighted by molar-refractivity contribution is 7.89. The molecule has 18 rings (SSSR count). The van der Waals surface area contributed by atoms with Gasteiger partial charge in [-0.05, 0) is 203 Å². The van der Waals surface area contributed by atoms with Crippen molar-refractivity contribution in [1.29, 1.82) is 0 Å². The summed E-state index contributed by atoms with van der Waals surface area (Å²) in [6.45, 7) is 7.12. The van der Waals surface area contributed by atoms with Crippen LogP contribution in [0.25, 0.3) is 35.3 Å². The van der Waals surface area contributed by atoms with Gasteiger partial charge in [-0.3, -0.25) is 34.0 Å². The maximum absolute atomic E-state index is 14.1. The Kier molecular flexibility index (Phi) is 20.1. The Bertz CT molecular complexity index is 5920. The van der Waals surface area contributed by atoms with E-state index < -0.39 is 46.3 Å². The second kappa shape index (κ2) is 30.1. The number of halogens is 3. The molecule has 582 valence electrons. The van der Waals surface area contributed by atoms with Crippen LogP contribution in [0.5, 0.6) is 0 Å². The Morgan fingerprint density at radius 1 is 0.430 bits per heavy atom. The van der Waals surface area contributed by atoms with Crippen LogP contribution in [0.3, 0.4) is 0 Å². The average Bonchev–Trinajstić information content (AvgIpc) is 1.36. The number of Topliss-reactive ketones (excluding diaryl/α,β-unsaturated/α-hetero) is 3. The molecule has 0 amide bonds. The van der Waals surface area contributed by atoms with Gasteiger partial charge in [0.15, 0.2) is 22.4 Å². The number of aromatic nitrogens is 18. The van der Waals surface area contributed by atoms with Crippen molar-refractivity contribution >= 4 is 65.6 Å². The predicted molar refractivity (Wildman–Crippen MR) is 406 cm³/mol. The summed E-state index contributed by atoms with van der Waals surface area (Å²) in [6, 6.07) is 33.4. The Hall–Kier alpha value is -12.1. The molecule has 12 aromatic rings. The summed E-state index contributed by atoms with van der Waals surface area (Å²) >= 11 is 0. The lowest BCUT2D eigenvalue weighted by Gasteiger charge is -2.44. The molecule has 0 unspecified atom stereocenters. The lowest BCUT2D eigenvalue weighted by atomic mass is 9.65. The molecule has 30 nitrogen and oxygen atoms in total. The zero-order chi connectivity index (χ0) is 79.5. The predicted octanol–water partition coefficient (Wildman–Crippen LogP) is 8.76. The molecule has 12 heterocycles. The van der Waals surface area contributed by atoms with Crippen LogP contribution in [-0.2, 0) is 69.0 Å². The van der Waals surface area contributed by atoms with E-state index in [1.54, 1.807) is 149 Å². The number of aryl methyl sites for hydroxylation is 3. The van der Waals surface area contributed by atoms with Crippen molar-refractivity contribution in [1.82, 2.24) is 102 Å². The second-order valence-corrected chi connectivity index (χ2v) is 33.8. The van der Waals surface area contributed by atoms with Gasteiger partial charge in [0, 0.05) is 70.9 Å². The number of nitrogens with zero attached hydrogens (tertiary/aromatic N) is 21. The Morgan fingerprint density at radius 3 is 1.16 bits per heavy atom. The minimum Gasteiger partial charge on any atom is -0.291 e. The van der Waals surface area contributed by atoms with Crippen LogP contribution in [0.15, 0.2) is 215 Å². The normalized spacial score (nSPS) is 19.5. The van der Waals surface area contributed by atoms with Gasteiger partial charge in [0.25, 0.3) is 30.1 Å². The van der Waals surface area contributed by atoms with E-state index in [0.717, 1.165) is 50.5 Å². The fraction of sp³-hybridized carbons (Fsp3) is 0.269. The highest BCUT2D eigenvalue weighted by Gasteiger charge is 2.55. The van der Waals surface area contributed by atoms with E-state index in [4.69, 9.17) is 0 Å². The van der Waals surface area contributed by atoms with E-state index in [1.807, 2.05) is 32.1 Å². The van der Waals surface area contributed by atoms with Gasteiger partial charge in [-0.15, -0.1) is 15.3 Å². The fourth-order valence-corrected chi connectivity index (χ4v) is 20.2. The first kappa shape index (κ1) is 75.9. The van der Waals surface area contributed by atoms with Gasteiger partial charge in [-0.1, -0.05) is 45.3 Å². The Morgan fingerprint density at radius 2 is 0.816 bits per heavy atom. The molecule has 3 aromatic carbocycles. The van der Waals surface area contributed by atoms with Crippen LogP contribution in [0.2, 0.25) is 0 Å². The minimum atomic E-state index is -3.99. The number of sulfonamides is 3. The molecule has 0 spiro atoms. The van der Waals surface area contributed by atoms with Gasteiger partial charge in [0.05, 0.1) is 94.1 Å². The van der Waals surface area contributed by atoms with Gasteiger partial charge in [0.2, 0.25) is 10.1 Å². The molecule has 3 aliphatic heterocycles. The Labute approximate surface area is 651 Å². The van der Waals surface area contributed by atoms with Crippen molar-refractivity contribution < 1.29 is 52.8 Å². The number of carbonyl (C=O) groups excluding carboxylic acids is 3. The fourth-order valence-electron chi connectivity index (χ4n) is 15.8. The van der Waals surface area contributed by atoms with Crippen LogP contribution in [0.1, 0.15) is 105 Å². The number of hydrogen-bond donors (Lipinski definition) is 0. The molecule has 0 radical (unpaired) electrons. The summed E-state index contributed by atoms with van der Waals surface area (Å²) in [7, 11) is -12.0. The molecular weight excluding hydrogens is 1530 g/mol. The molecule has 0 saturated carbocycles. The van der Waals surface area contributed by atoms with E-state index in [9.17, 15) is 52.8 Å². The van der Waals surface area contributed by atoms with E-state index >= 15 is 0 Å². The largest absolute Gasteiger partial charge is 0.291 e. The van der Waals surface area contributed by atoms with Crippen LogP contribution in [-0.4, -0.2) is 184 Å². The number of piperidine rings is 3. The van der Waals surface area contributed by atoms with Gasteiger partial charge in [0.1, 0.15) is 34.5 Å². The third-order valence-corrected chi connectivity index (χ3v) is 26.9. The number of carbonyl (C=O) groups is 3. The lowest BCUT2D eigenvalue weighted by molar-refractivity contribution is 0.0763. The molecule has 36 heteroatoms. The molecule has 0 bridgehead atoms. The number of hydrogen-bond acceptors (Lipinski definition) is 21. The van der Waals surface area contributed by atoms with Gasteiger partial charge in [-0.25, -0.2) is 57.2 Å². The summed E-state index contributed by atoms with van der Waals surface area (Å²) in [6.07, 6.45) is 21.1. The number of pyridine rings is 3. The molecule has 3 aliphatic carbocycles. The molecule has 9 aromatic heterocycles. The molecule has 0 N–H and O–H groups in total. The van der Waals surface area contributed by atoms with Crippen LogP contribution < -0.4 is 0 Å². The first-order valence-corrected chi connectivity index (χ1v) is 41.0. The third kappa shape index (κ3) is 13.6. The van der Waals surface area contributed by atoms with Gasteiger partial charge >= 0.3 is 0 Å². The molecule has 114 heavy (non-hydrogen) atoms. The quantitative estimate of drug-likeness (QED) is 0.0724. The van der Waals surface area contributed by atoms with E-state index in [2.05, 4.69) is 61.1 Å². The van der Waals surface area contributed by atoms with Crippen molar-refractivity contribution in [2.75, 3.05) is 39.3 Å². The molecule has 3 fully saturated rings. The van der Waals surface area contributed by atoms with Crippen molar-refractivity contribution in [3.8, 4) is 17.1 Å². The molecule has 3 saturated heterocycles. The van der Waals surface area contributed by atoms with Crippen LogP contribution in [0, 0.1) is 33.7 Å². The van der Waals surface area contributed by atoms with Crippen molar-refractivity contribution in [2.45, 2.75) is 94.0 Å².